The van der Waals surface area contributed by atoms with Gasteiger partial charge in [-0.15, -0.1) is 0 Å². The second-order valence-corrected chi connectivity index (χ2v) is 4.09. The summed E-state index contributed by atoms with van der Waals surface area (Å²) in [6, 6.07) is 7.20. The van der Waals surface area contributed by atoms with Gasteiger partial charge in [0, 0.05) is 40.6 Å². The maximum Gasteiger partial charge on any atom is 0.133 e. The Hall–Kier alpha value is -2.16. The first kappa shape index (κ1) is 10.0. The molecule has 0 spiro atoms. The van der Waals surface area contributed by atoms with Crippen molar-refractivity contribution in [2.45, 2.75) is 6.92 Å². The highest BCUT2D eigenvalue weighted by molar-refractivity contribution is 5.85. The van der Waals surface area contributed by atoms with Gasteiger partial charge in [-0.25, -0.2) is 4.39 Å². The first-order valence-corrected chi connectivity index (χ1v) is 5.43. The summed E-state index contributed by atoms with van der Waals surface area (Å²) in [5.74, 6) is -0.226. The third-order valence-corrected chi connectivity index (χ3v) is 2.97. The van der Waals surface area contributed by atoms with Crippen molar-refractivity contribution in [1.29, 1.82) is 0 Å². The van der Waals surface area contributed by atoms with Crippen molar-refractivity contribution in [3.05, 3.63) is 54.2 Å². The monoisotopic (exact) mass is 226 g/mol. The molecule has 3 aromatic rings. The van der Waals surface area contributed by atoms with Gasteiger partial charge in [0.25, 0.3) is 0 Å². The van der Waals surface area contributed by atoms with Gasteiger partial charge >= 0.3 is 0 Å². The summed E-state index contributed by atoms with van der Waals surface area (Å²) in [7, 11) is 0. The van der Waals surface area contributed by atoms with Gasteiger partial charge in [0.2, 0.25) is 0 Å². The van der Waals surface area contributed by atoms with E-state index in [0.29, 0.717) is 5.56 Å². The fourth-order valence-electron chi connectivity index (χ4n) is 2.03. The van der Waals surface area contributed by atoms with Gasteiger partial charge in [-0.3, -0.25) is 4.98 Å². The van der Waals surface area contributed by atoms with Crippen LogP contribution in [0.1, 0.15) is 5.56 Å². The first-order chi connectivity index (χ1) is 8.25. The van der Waals surface area contributed by atoms with Crippen molar-refractivity contribution in [2.75, 3.05) is 0 Å². The van der Waals surface area contributed by atoms with Gasteiger partial charge in [0.05, 0.1) is 0 Å². The Labute approximate surface area is 98.1 Å². The van der Waals surface area contributed by atoms with Crippen molar-refractivity contribution < 1.29 is 4.39 Å². The molecule has 2 nitrogen and oxygen atoms in total. The average molecular weight is 226 g/mol. The number of hydrogen-bond acceptors (Lipinski definition) is 1. The summed E-state index contributed by atoms with van der Waals surface area (Å²) in [6.07, 6.45) is 5.22. The number of fused-ring (bicyclic) bond motifs is 1. The maximum absolute atomic E-state index is 14.0. The molecule has 0 aliphatic heterocycles. The Bertz CT molecular complexity index is 686. The Balaban J connectivity index is 2.30. The quantitative estimate of drug-likeness (QED) is 0.673. The van der Waals surface area contributed by atoms with Crippen LogP contribution in [0.15, 0.2) is 42.9 Å². The lowest BCUT2D eigenvalue weighted by Crippen LogP contribution is -1.89. The molecule has 0 unspecified atom stereocenters. The number of aromatic amines is 1. The smallest absolute Gasteiger partial charge is 0.133 e. The number of nitrogens with one attached hydrogen (secondary N) is 1. The summed E-state index contributed by atoms with van der Waals surface area (Å²) < 4.78 is 14.0. The Kier molecular flexibility index (Phi) is 2.18. The van der Waals surface area contributed by atoms with E-state index in [1.54, 1.807) is 12.4 Å². The van der Waals surface area contributed by atoms with Crippen molar-refractivity contribution in [3.8, 4) is 11.1 Å². The van der Waals surface area contributed by atoms with E-state index in [1.807, 2.05) is 31.3 Å². The maximum atomic E-state index is 14.0. The minimum absolute atomic E-state index is 0.226. The molecule has 17 heavy (non-hydrogen) atoms. The summed E-state index contributed by atoms with van der Waals surface area (Å²) in [4.78, 5) is 7.05. The lowest BCUT2D eigenvalue weighted by Gasteiger charge is -2.06. The predicted octanol–water partition coefficient (Wildman–Crippen LogP) is 3.68. The van der Waals surface area contributed by atoms with E-state index in [4.69, 9.17) is 0 Å². The minimum atomic E-state index is -0.226. The molecule has 0 aliphatic rings. The SMILES string of the molecule is Cc1ccncc1-c1cc2cc[nH]c2cc1F. The van der Waals surface area contributed by atoms with Crippen LogP contribution in [0.5, 0.6) is 0 Å². The van der Waals surface area contributed by atoms with Crippen LogP contribution in [0.2, 0.25) is 0 Å². The van der Waals surface area contributed by atoms with E-state index < -0.39 is 0 Å². The van der Waals surface area contributed by atoms with E-state index in [9.17, 15) is 4.39 Å². The predicted molar refractivity (Wildman–Crippen MR) is 66.2 cm³/mol. The molecule has 0 atom stereocenters. The summed E-state index contributed by atoms with van der Waals surface area (Å²) in [5, 5.41) is 1.00. The van der Waals surface area contributed by atoms with Crippen LogP contribution >= 0.6 is 0 Å². The van der Waals surface area contributed by atoms with Crippen molar-refractivity contribution >= 4 is 10.9 Å². The van der Waals surface area contributed by atoms with Crippen molar-refractivity contribution in [1.82, 2.24) is 9.97 Å². The third-order valence-electron chi connectivity index (χ3n) is 2.97. The van der Waals surface area contributed by atoms with Crippen LogP contribution in [-0.4, -0.2) is 9.97 Å². The Morgan fingerprint density at radius 1 is 1.18 bits per heavy atom. The summed E-state index contributed by atoms with van der Waals surface area (Å²) in [5.41, 5.74) is 3.28. The van der Waals surface area contributed by atoms with Gasteiger partial charge in [-0.2, -0.15) is 0 Å². The number of aromatic nitrogens is 2. The second-order valence-electron chi connectivity index (χ2n) is 4.09. The van der Waals surface area contributed by atoms with E-state index in [1.165, 1.54) is 6.07 Å². The van der Waals surface area contributed by atoms with Gasteiger partial charge < -0.3 is 4.98 Å². The molecule has 0 bridgehead atoms. The largest absolute Gasteiger partial charge is 0.361 e. The standard InChI is InChI=1S/C14H11FN2/c1-9-2-4-16-8-12(9)11-6-10-3-5-17-14(10)7-13(11)15/h2-8,17H,1H3. The first-order valence-electron chi connectivity index (χ1n) is 5.43. The number of pyridine rings is 1. The normalized spacial score (nSPS) is 10.9. The molecule has 2 heterocycles. The molecular formula is C14H11FN2. The van der Waals surface area contributed by atoms with Crippen LogP contribution in [0.3, 0.4) is 0 Å². The number of H-pyrrole nitrogens is 1. The molecule has 0 fully saturated rings. The molecular weight excluding hydrogens is 215 g/mol. The average Bonchev–Trinajstić information content (AvgIpc) is 2.76. The second kappa shape index (κ2) is 3.70. The number of nitrogens with zero attached hydrogens (tertiary/aromatic N) is 1. The van der Waals surface area contributed by atoms with Crippen LogP contribution < -0.4 is 0 Å². The van der Waals surface area contributed by atoms with Crippen molar-refractivity contribution in [2.24, 2.45) is 0 Å². The van der Waals surface area contributed by atoms with E-state index in [-0.39, 0.29) is 5.82 Å². The zero-order chi connectivity index (χ0) is 11.8. The molecule has 1 aromatic carbocycles. The molecule has 0 aliphatic carbocycles. The molecule has 0 amide bonds. The molecule has 0 saturated heterocycles. The molecule has 2 aromatic heterocycles. The number of benzene rings is 1. The van der Waals surface area contributed by atoms with Crippen molar-refractivity contribution in [3.63, 3.8) is 0 Å². The zero-order valence-electron chi connectivity index (χ0n) is 9.37. The van der Waals surface area contributed by atoms with Crippen LogP contribution in [0, 0.1) is 12.7 Å². The fraction of sp³-hybridized carbons (Fsp3) is 0.0714. The third kappa shape index (κ3) is 1.60. The number of aryl methyl sites for hydroxylation is 1. The van der Waals surface area contributed by atoms with E-state index in [0.717, 1.165) is 22.0 Å². The molecule has 3 heteroatoms. The number of hydrogen-bond donors (Lipinski definition) is 1. The lowest BCUT2D eigenvalue weighted by molar-refractivity contribution is 0.632. The minimum Gasteiger partial charge on any atom is -0.361 e. The topological polar surface area (TPSA) is 28.7 Å². The molecule has 1 N–H and O–H groups in total. The molecule has 0 radical (unpaired) electrons. The van der Waals surface area contributed by atoms with Crippen LogP contribution in [-0.2, 0) is 0 Å². The van der Waals surface area contributed by atoms with E-state index in [2.05, 4.69) is 9.97 Å². The van der Waals surface area contributed by atoms with Crippen LogP contribution in [0.25, 0.3) is 22.0 Å². The Morgan fingerprint density at radius 2 is 2.06 bits per heavy atom. The summed E-state index contributed by atoms with van der Waals surface area (Å²) >= 11 is 0. The van der Waals surface area contributed by atoms with Gasteiger partial charge in [0.1, 0.15) is 5.82 Å². The fourth-order valence-corrected chi connectivity index (χ4v) is 2.03. The zero-order valence-corrected chi connectivity index (χ0v) is 9.37. The van der Waals surface area contributed by atoms with Gasteiger partial charge in [-0.1, -0.05) is 0 Å². The lowest BCUT2D eigenvalue weighted by atomic mass is 10.0. The summed E-state index contributed by atoms with van der Waals surface area (Å²) in [6.45, 7) is 1.96. The van der Waals surface area contributed by atoms with Crippen LogP contribution in [0.4, 0.5) is 4.39 Å². The molecule has 84 valence electrons. The van der Waals surface area contributed by atoms with E-state index >= 15 is 0 Å². The Morgan fingerprint density at radius 3 is 2.88 bits per heavy atom. The number of rotatable bonds is 1. The highest BCUT2D eigenvalue weighted by Crippen LogP contribution is 2.28. The highest BCUT2D eigenvalue weighted by Gasteiger charge is 2.09. The molecule has 0 saturated carbocycles. The number of halogens is 1. The van der Waals surface area contributed by atoms with Gasteiger partial charge in [-0.05, 0) is 36.8 Å². The highest BCUT2D eigenvalue weighted by atomic mass is 19.1. The molecule has 3 rings (SSSR count). The van der Waals surface area contributed by atoms with Gasteiger partial charge in [0.15, 0.2) is 0 Å².